The number of nitriles is 1. The maximum absolute atomic E-state index is 8.64. The molecule has 0 unspecified atom stereocenters. The molecule has 0 aliphatic carbocycles. The van der Waals surface area contributed by atoms with Gasteiger partial charge < -0.3 is 9.72 Å². The number of thioether (sulfide) groups is 1. The minimum absolute atomic E-state index is 0.404. The number of ether oxygens (including phenoxy) is 1. The molecular formula is C14H11N5OS. The first-order valence-electron chi connectivity index (χ1n) is 6.16. The normalized spacial score (nSPS) is 10.5. The van der Waals surface area contributed by atoms with Crippen LogP contribution in [0.25, 0.3) is 22.7 Å². The summed E-state index contributed by atoms with van der Waals surface area (Å²) in [4.78, 5) is 16.9. The van der Waals surface area contributed by atoms with E-state index in [1.807, 2.05) is 18.2 Å². The first-order chi connectivity index (χ1) is 10.3. The van der Waals surface area contributed by atoms with E-state index in [2.05, 4.69) is 26.0 Å². The number of H-pyrrole nitrogens is 1. The number of aromatic nitrogens is 4. The average molecular weight is 297 g/mol. The van der Waals surface area contributed by atoms with Gasteiger partial charge >= 0.3 is 0 Å². The Morgan fingerprint density at radius 1 is 1.33 bits per heavy atom. The topological polar surface area (TPSA) is 87.5 Å². The molecule has 0 bridgehead atoms. The van der Waals surface area contributed by atoms with Crippen LogP contribution >= 0.6 is 11.8 Å². The van der Waals surface area contributed by atoms with Crippen molar-refractivity contribution in [1.29, 1.82) is 5.26 Å². The highest BCUT2D eigenvalue weighted by Gasteiger charge is 2.12. The van der Waals surface area contributed by atoms with E-state index in [1.165, 1.54) is 11.8 Å². The number of fused-ring (bicyclic) bond motifs is 1. The van der Waals surface area contributed by atoms with Gasteiger partial charge in [-0.3, -0.25) is 0 Å². The Labute approximate surface area is 125 Å². The van der Waals surface area contributed by atoms with Crippen LogP contribution in [0.15, 0.2) is 35.5 Å². The quantitative estimate of drug-likeness (QED) is 0.745. The van der Waals surface area contributed by atoms with Crippen molar-refractivity contribution in [3.63, 3.8) is 0 Å². The molecular weight excluding hydrogens is 286 g/mol. The van der Waals surface area contributed by atoms with Crippen molar-refractivity contribution in [3.05, 3.63) is 30.6 Å². The second kappa shape index (κ2) is 5.81. The Morgan fingerprint density at radius 2 is 2.19 bits per heavy atom. The van der Waals surface area contributed by atoms with Gasteiger partial charge in [-0.1, -0.05) is 0 Å². The molecule has 3 aromatic rings. The second-order valence-corrected chi connectivity index (χ2v) is 5.17. The van der Waals surface area contributed by atoms with Gasteiger partial charge in [-0.15, -0.1) is 11.8 Å². The van der Waals surface area contributed by atoms with Crippen molar-refractivity contribution in [3.8, 4) is 23.2 Å². The Hall–Kier alpha value is -2.59. The highest BCUT2D eigenvalue weighted by atomic mass is 32.2. The SMILES string of the molecule is COc1cc(SCC#N)ccc1-c1nc2nccnc2[nH]1. The summed E-state index contributed by atoms with van der Waals surface area (Å²) < 4.78 is 5.42. The lowest BCUT2D eigenvalue weighted by atomic mass is 10.2. The monoisotopic (exact) mass is 297 g/mol. The van der Waals surface area contributed by atoms with E-state index in [9.17, 15) is 0 Å². The summed E-state index contributed by atoms with van der Waals surface area (Å²) in [6.07, 6.45) is 3.22. The molecule has 0 aliphatic rings. The Balaban J connectivity index is 2.03. The first-order valence-corrected chi connectivity index (χ1v) is 7.15. The van der Waals surface area contributed by atoms with E-state index in [0.29, 0.717) is 28.6 Å². The molecule has 0 radical (unpaired) electrons. The fourth-order valence-electron chi connectivity index (χ4n) is 1.95. The van der Waals surface area contributed by atoms with Crippen molar-refractivity contribution in [2.75, 3.05) is 12.9 Å². The average Bonchev–Trinajstić information content (AvgIpc) is 2.96. The number of hydrogen-bond donors (Lipinski definition) is 1. The van der Waals surface area contributed by atoms with Gasteiger partial charge in [0, 0.05) is 17.3 Å². The maximum Gasteiger partial charge on any atom is 0.197 e. The van der Waals surface area contributed by atoms with Crippen LogP contribution in [0.4, 0.5) is 0 Å². The lowest BCUT2D eigenvalue weighted by molar-refractivity contribution is 0.415. The molecule has 2 aromatic heterocycles. The van der Waals surface area contributed by atoms with E-state index in [-0.39, 0.29) is 0 Å². The molecule has 3 rings (SSSR count). The molecule has 104 valence electrons. The molecule has 7 heteroatoms. The Morgan fingerprint density at radius 3 is 2.95 bits per heavy atom. The van der Waals surface area contributed by atoms with Gasteiger partial charge in [0.25, 0.3) is 0 Å². The highest BCUT2D eigenvalue weighted by Crippen LogP contribution is 2.32. The van der Waals surface area contributed by atoms with Gasteiger partial charge in [0.05, 0.1) is 24.5 Å². The molecule has 1 N–H and O–H groups in total. The van der Waals surface area contributed by atoms with Crippen molar-refractivity contribution in [2.24, 2.45) is 0 Å². The van der Waals surface area contributed by atoms with Gasteiger partial charge in [-0.05, 0) is 18.2 Å². The third-order valence-corrected chi connectivity index (χ3v) is 3.73. The number of nitrogens with zero attached hydrogens (tertiary/aromatic N) is 4. The zero-order chi connectivity index (χ0) is 14.7. The number of hydrogen-bond acceptors (Lipinski definition) is 6. The summed E-state index contributed by atoms with van der Waals surface area (Å²) in [7, 11) is 1.61. The molecule has 0 amide bonds. The lowest BCUT2D eigenvalue weighted by Crippen LogP contribution is -1.90. The Kier molecular flexibility index (Phi) is 3.71. The number of benzene rings is 1. The summed E-state index contributed by atoms with van der Waals surface area (Å²) in [6, 6.07) is 7.85. The van der Waals surface area contributed by atoms with Crippen LogP contribution in [0.1, 0.15) is 0 Å². The van der Waals surface area contributed by atoms with E-state index in [0.717, 1.165) is 10.5 Å². The van der Waals surface area contributed by atoms with Crippen molar-refractivity contribution >= 4 is 23.1 Å². The molecule has 0 saturated heterocycles. The number of aromatic amines is 1. The molecule has 21 heavy (non-hydrogen) atoms. The fraction of sp³-hybridized carbons (Fsp3) is 0.143. The third-order valence-electron chi connectivity index (χ3n) is 2.86. The van der Waals surface area contributed by atoms with Crippen LogP contribution < -0.4 is 4.74 Å². The minimum Gasteiger partial charge on any atom is -0.496 e. The van der Waals surface area contributed by atoms with Crippen LogP contribution in [-0.4, -0.2) is 32.8 Å². The number of rotatable bonds is 4. The Bertz CT molecular complexity index is 791. The number of nitrogens with one attached hydrogen (secondary N) is 1. The van der Waals surface area contributed by atoms with E-state index >= 15 is 0 Å². The predicted molar refractivity (Wildman–Crippen MR) is 80.0 cm³/mol. The summed E-state index contributed by atoms with van der Waals surface area (Å²) in [5.41, 5.74) is 2.04. The van der Waals surface area contributed by atoms with Crippen LogP contribution in [0.2, 0.25) is 0 Å². The largest absolute Gasteiger partial charge is 0.496 e. The summed E-state index contributed by atoms with van der Waals surface area (Å²) in [5, 5.41) is 8.64. The van der Waals surface area contributed by atoms with Crippen LogP contribution in [0, 0.1) is 11.3 Å². The van der Waals surface area contributed by atoms with E-state index in [1.54, 1.807) is 19.5 Å². The summed E-state index contributed by atoms with van der Waals surface area (Å²) in [5.74, 6) is 1.75. The predicted octanol–water partition coefficient (Wildman–Crippen LogP) is 2.64. The zero-order valence-electron chi connectivity index (χ0n) is 11.2. The van der Waals surface area contributed by atoms with Gasteiger partial charge in [-0.25, -0.2) is 15.0 Å². The van der Waals surface area contributed by atoms with Crippen molar-refractivity contribution in [2.45, 2.75) is 4.90 Å². The molecule has 6 nitrogen and oxygen atoms in total. The summed E-state index contributed by atoms with van der Waals surface area (Å²) >= 11 is 1.46. The minimum atomic E-state index is 0.404. The smallest absolute Gasteiger partial charge is 0.197 e. The summed E-state index contributed by atoms with van der Waals surface area (Å²) in [6.45, 7) is 0. The third kappa shape index (κ3) is 2.66. The standard InChI is InChI=1S/C14H11N5OS/c1-20-11-8-9(21-7-4-15)2-3-10(11)12-18-13-14(19-12)17-6-5-16-13/h2-3,5-6,8H,7H2,1H3,(H,16,17,18,19). The number of methoxy groups -OCH3 is 1. The molecule has 2 heterocycles. The fourth-order valence-corrected chi connectivity index (χ4v) is 2.53. The number of imidazole rings is 1. The molecule has 0 atom stereocenters. The van der Waals surface area contributed by atoms with Gasteiger partial charge in [0.15, 0.2) is 11.3 Å². The van der Waals surface area contributed by atoms with Gasteiger partial charge in [0.1, 0.15) is 11.6 Å². The molecule has 0 saturated carbocycles. The van der Waals surface area contributed by atoms with E-state index < -0.39 is 0 Å². The van der Waals surface area contributed by atoms with Gasteiger partial charge in [0.2, 0.25) is 0 Å². The first kappa shape index (κ1) is 13.4. The van der Waals surface area contributed by atoms with Crippen molar-refractivity contribution in [1.82, 2.24) is 19.9 Å². The molecule has 0 spiro atoms. The van der Waals surface area contributed by atoms with Crippen molar-refractivity contribution < 1.29 is 4.74 Å². The maximum atomic E-state index is 8.64. The molecule has 0 aliphatic heterocycles. The molecule has 1 aromatic carbocycles. The highest BCUT2D eigenvalue weighted by molar-refractivity contribution is 7.99. The van der Waals surface area contributed by atoms with Crippen LogP contribution in [-0.2, 0) is 0 Å². The second-order valence-electron chi connectivity index (χ2n) is 4.12. The van der Waals surface area contributed by atoms with Gasteiger partial charge in [-0.2, -0.15) is 5.26 Å². The molecule has 0 fully saturated rings. The van der Waals surface area contributed by atoms with E-state index in [4.69, 9.17) is 10.00 Å². The van der Waals surface area contributed by atoms with Crippen LogP contribution in [0.5, 0.6) is 5.75 Å². The zero-order valence-corrected chi connectivity index (χ0v) is 12.0. The lowest BCUT2D eigenvalue weighted by Gasteiger charge is -2.07. The van der Waals surface area contributed by atoms with Crippen LogP contribution in [0.3, 0.4) is 0 Å².